The van der Waals surface area contributed by atoms with E-state index in [2.05, 4.69) is 20.0 Å². The van der Waals surface area contributed by atoms with Gasteiger partial charge in [-0.1, -0.05) is 66.7 Å². The summed E-state index contributed by atoms with van der Waals surface area (Å²) in [7, 11) is -4.41. The van der Waals surface area contributed by atoms with Crippen molar-refractivity contribution in [1.29, 1.82) is 0 Å². The summed E-state index contributed by atoms with van der Waals surface area (Å²) in [6, 6.07) is 20.5. The Balaban J connectivity index is 1.24. The van der Waals surface area contributed by atoms with E-state index in [1.165, 1.54) is 24.7 Å². The average Bonchev–Trinajstić information content (AvgIpc) is 3.60. The van der Waals surface area contributed by atoms with Crippen LogP contribution in [0.4, 0.5) is 5.95 Å². The molecule has 2 unspecified atom stereocenters. The van der Waals surface area contributed by atoms with E-state index in [4.69, 9.17) is 29.0 Å². The van der Waals surface area contributed by atoms with Crippen LogP contribution in [0.2, 0.25) is 0 Å². The summed E-state index contributed by atoms with van der Waals surface area (Å²) in [6.45, 7) is 4.39. The molecule has 0 spiro atoms. The first-order chi connectivity index (χ1) is 23.5. The predicted molar refractivity (Wildman–Crippen MR) is 178 cm³/mol. The second-order valence-corrected chi connectivity index (χ2v) is 13.3. The smallest absolute Gasteiger partial charge is 0.459 e. The van der Waals surface area contributed by atoms with Crippen LogP contribution in [-0.2, 0) is 30.0 Å². The van der Waals surface area contributed by atoms with E-state index >= 15 is 0 Å². The second kappa shape index (κ2) is 14.1. The molecule has 0 bridgehead atoms. The van der Waals surface area contributed by atoms with Crippen LogP contribution in [0.5, 0.6) is 11.6 Å². The predicted octanol–water partition coefficient (Wildman–Crippen LogP) is 3.89. The van der Waals surface area contributed by atoms with Gasteiger partial charge in [0.05, 0.1) is 19.5 Å². The number of nitrogen functional groups attached to an aromatic ring is 1. The lowest BCUT2D eigenvalue weighted by Gasteiger charge is -2.27. The van der Waals surface area contributed by atoms with Crippen LogP contribution >= 0.6 is 7.75 Å². The molecule has 0 aliphatic carbocycles. The highest BCUT2D eigenvalue weighted by molar-refractivity contribution is 7.52. The lowest BCUT2D eigenvalue weighted by atomic mass is 9.96. The molecule has 6 rings (SSSR count). The van der Waals surface area contributed by atoms with Crippen LogP contribution in [0.15, 0.2) is 79.1 Å². The van der Waals surface area contributed by atoms with E-state index in [0.29, 0.717) is 12.0 Å². The fraction of sp³-hybridized carbons (Fsp3) is 0.333. The summed E-state index contributed by atoms with van der Waals surface area (Å²) in [6.07, 6.45) is -2.65. The first-order valence-corrected chi connectivity index (χ1v) is 17.1. The van der Waals surface area contributed by atoms with Crippen molar-refractivity contribution < 1.29 is 42.8 Å². The molecule has 5 N–H and O–H groups in total. The number of hydrogen-bond acceptors (Lipinski definition) is 13. The van der Waals surface area contributed by atoms with Gasteiger partial charge in [0.15, 0.2) is 17.4 Å². The highest BCUT2D eigenvalue weighted by atomic mass is 31.2. The number of hydrogen-bond donors (Lipinski definition) is 4. The van der Waals surface area contributed by atoms with E-state index in [-0.39, 0.29) is 35.3 Å². The highest BCUT2D eigenvalue weighted by Crippen LogP contribution is 2.48. The van der Waals surface area contributed by atoms with Crippen LogP contribution in [0.25, 0.3) is 21.9 Å². The van der Waals surface area contributed by atoms with E-state index in [0.717, 1.165) is 10.9 Å². The molecule has 3 aromatic carbocycles. The number of fused-ring (bicyclic) bond motifs is 2. The third-order valence-electron chi connectivity index (χ3n) is 8.00. The van der Waals surface area contributed by atoms with Gasteiger partial charge in [0.1, 0.15) is 36.2 Å². The minimum absolute atomic E-state index is 0.00513. The topological polar surface area (TPSA) is 202 Å². The number of carbonyl (C=O) groups is 1. The molecule has 6 atom stereocenters. The third-order valence-corrected chi connectivity index (χ3v) is 9.63. The summed E-state index contributed by atoms with van der Waals surface area (Å²) in [5, 5.41) is 26.8. The van der Waals surface area contributed by atoms with Gasteiger partial charge in [-0.3, -0.25) is 13.9 Å². The SMILES string of the molecule is CCOc1nc(N)nc2c1ncn2C1O[C@H](COP(=O)(N[C@@H](C)C(=O)OCc2ccccc2)Oc2cccc3ccccc23)[C@@H](O)[C@@]1(C)O. The van der Waals surface area contributed by atoms with Gasteiger partial charge in [0, 0.05) is 5.39 Å². The maximum Gasteiger partial charge on any atom is 0.459 e. The number of carbonyl (C=O) groups excluding carboxylic acids is 1. The molecule has 1 fully saturated rings. The minimum Gasteiger partial charge on any atom is -0.476 e. The van der Waals surface area contributed by atoms with E-state index in [1.54, 1.807) is 31.2 Å². The molecule has 1 aliphatic heterocycles. The lowest BCUT2D eigenvalue weighted by Crippen LogP contribution is -2.44. The van der Waals surface area contributed by atoms with Crippen LogP contribution in [0.1, 0.15) is 32.6 Å². The van der Waals surface area contributed by atoms with Gasteiger partial charge in [-0.05, 0) is 37.8 Å². The monoisotopic (exact) mass is 692 g/mol. The Hall–Kier alpha value is -4.63. The van der Waals surface area contributed by atoms with E-state index in [9.17, 15) is 19.6 Å². The van der Waals surface area contributed by atoms with Gasteiger partial charge >= 0.3 is 13.7 Å². The second-order valence-electron chi connectivity index (χ2n) is 11.6. The zero-order valence-electron chi connectivity index (χ0n) is 27.0. The first-order valence-electron chi connectivity index (χ1n) is 15.6. The van der Waals surface area contributed by atoms with Crippen molar-refractivity contribution in [1.82, 2.24) is 24.6 Å². The van der Waals surface area contributed by atoms with Crippen LogP contribution in [0.3, 0.4) is 0 Å². The van der Waals surface area contributed by atoms with Gasteiger partial charge < -0.3 is 34.7 Å². The number of nitrogens with zero attached hydrogens (tertiary/aromatic N) is 4. The summed E-state index contributed by atoms with van der Waals surface area (Å²) in [5.74, 6) is -0.418. The Morgan fingerprint density at radius 3 is 2.63 bits per heavy atom. The summed E-state index contributed by atoms with van der Waals surface area (Å²) < 4.78 is 44.8. The maximum absolute atomic E-state index is 14.4. The number of aliphatic hydroxyl groups is 2. The van der Waals surface area contributed by atoms with Crippen LogP contribution in [-0.4, -0.2) is 72.8 Å². The number of anilines is 1. The number of ether oxygens (including phenoxy) is 3. The Kier molecular flexibility index (Phi) is 9.84. The third kappa shape index (κ3) is 7.22. The molecule has 5 aromatic rings. The van der Waals surface area contributed by atoms with Crippen molar-refractivity contribution in [2.24, 2.45) is 0 Å². The standard InChI is InChI=1S/C33H37N6O9P/c1-4-44-29-26-28(36-32(34)37-29)39(19-35-26)31-33(3,42)27(40)25(47-31)18-46-49(43,48-24-16-10-14-22-13-8-9-15-23(22)24)38-20(2)30(41)45-17-21-11-6-5-7-12-21/h5-16,19-20,25,27,31,40,42H,4,17-18H2,1-3H3,(H,38,43)(H2,34,36,37)/t20-,25+,27+,31?,33+,49?/m0/s1. The molecule has 16 heteroatoms. The Labute approximate surface area is 281 Å². The normalized spacial score (nSPS) is 22.5. The van der Waals surface area contributed by atoms with Crippen molar-refractivity contribution >= 4 is 41.6 Å². The molecule has 49 heavy (non-hydrogen) atoms. The molecule has 1 saturated heterocycles. The number of nitrogens with one attached hydrogen (secondary N) is 1. The first kappa shape index (κ1) is 34.2. The minimum atomic E-state index is -4.41. The molecular formula is C33H37N6O9P. The molecule has 258 valence electrons. The van der Waals surface area contributed by atoms with Crippen molar-refractivity contribution in [3.8, 4) is 11.6 Å². The quantitative estimate of drug-likeness (QED) is 0.102. The van der Waals surface area contributed by atoms with Crippen molar-refractivity contribution in [3.05, 3.63) is 84.7 Å². The largest absolute Gasteiger partial charge is 0.476 e. The fourth-order valence-corrected chi connectivity index (χ4v) is 7.02. The molecule has 2 aromatic heterocycles. The zero-order chi connectivity index (χ0) is 34.8. The lowest BCUT2D eigenvalue weighted by molar-refractivity contribution is -0.146. The number of benzene rings is 3. The van der Waals surface area contributed by atoms with Gasteiger partial charge in [-0.2, -0.15) is 15.1 Å². The van der Waals surface area contributed by atoms with Crippen molar-refractivity contribution in [3.63, 3.8) is 0 Å². The molecule has 0 saturated carbocycles. The highest BCUT2D eigenvalue weighted by Gasteiger charge is 2.54. The average molecular weight is 693 g/mol. The summed E-state index contributed by atoms with van der Waals surface area (Å²) in [4.78, 5) is 25.6. The summed E-state index contributed by atoms with van der Waals surface area (Å²) in [5.41, 5.74) is 5.25. The number of nitrogens with two attached hydrogens (primary N) is 1. The van der Waals surface area contributed by atoms with Gasteiger partial charge in [0.2, 0.25) is 11.8 Å². The molecule has 15 nitrogen and oxygen atoms in total. The molecule has 0 amide bonds. The Morgan fingerprint density at radius 2 is 1.86 bits per heavy atom. The molecule has 0 radical (unpaired) electrons. The number of rotatable bonds is 13. The van der Waals surface area contributed by atoms with Gasteiger partial charge in [-0.25, -0.2) is 9.55 Å². The number of aromatic nitrogens is 4. The number of imidazole rings is 1. The molecule has 3 heterocycles. The van der Waals surface area contributed by atoms with Gasteiger partial charge in [-0.15, -0.1) is 0 Å². The Morgan fingerprint density at radius 1 is 1.12 bits per heavy atom. The molecule has 1 aliphatic rings. The number of aliphatic hydroxyl groups excluding tert-OH is 1. The fourth-order valence-electron chi connectivity index (χ4n) is 5.50. The maximum atomic E-state index is 14.4. The van der Waals surface area contributed by atoms with Crippen molar-refractivity contribution in [2.45, 2.75) is 57.5 Å². The van der Waals surface area contributed by atoms with E-state index < -0.39 is 50.4 Å². The van der Waals surface area contributed by atoms with E-state index in [1.807, 2.05) is 48.5 Å². The summed E-state index contributed by atoms with van der Waals surface area (Å²) >= 11 is 0. The molecular weight excluding hydrogens is 655 g/mol. The zero-order valence-corrected chi connectivity index (χ0v) is 27.9. The number of esters is 1. The van der Waals surface area contributed by atoms with Crippen LogP contribution in [0, 0.1) is 0 Å². The van der Waals surface area contributed by atoms with Gasteiger partial charge in [0.25, 0.3) is 0 Å². The van der Waals surface area contributed by atoms with Crippen molar-refractivity contribution in [2.75, 3.05) is 18.9 Å². The Bertz CT molecular complexity index is 1990. The van der Waals surface area contributed by atoms with Crippen LogP contribution < -0.4 is 20.1 Å².